The topological polar surface area (TPSA) is 100 Å². The molecule has 0 radical (unpaired) electrons. The first-order valence-corrected chi connectivity index (χ1v) is 8.11. The molecule has 132 valence electrons. The first-order valence-electron chi connectivity index (χ1n) is 8.11. The van der Waals surface area contributed by atoms with Gasteiger partial charge in [-0.1, -0.05) is 5.16 Å². The maximum atomic E-state index is 12.0. The Hall–Kier alpha value is -2.44. The number of nitrogens with two attached hydrogens (primary N) is 1. The van der Waals surface area contributed by atoms with Crippen molar-refractivity contribution >= 4 is 17.6 Å². The molecule has 1 amide bonds. The van der Waals surface area contributed by atoms with E-state index in [0.717, 1.165) is 18.5 Å². The number of ether oxygens (including phenoxy) is 1. The number of hydrogen-bond acceptors (Lipinski definition) is 5. The van der Waals surface area contributed by atoms with Gasteiger partial charge in [-0.3, -0.25) is 0 Å². The van der Waals surface area contributed by atoms with Gasteiger partial charge < -0.3 is 25.9 Å². The van der Waals surface area contributed by atoms with Crippen LogP contribution in [0.3, 0.4) is 0 Å². The molecule has 24 heavy (non-hydrogen) atoms. The second-order valence-corrected chi connectivity index (χ2v) is 6.95. The minimum Gasteiger partial charge on any atom is -0.444 e. The van der Waals surface area contributed by atoms with Crippen molar-refractivity contribution in [3.63, 3.8) is 0 Å². The van der Waals surface area contributed by atoms with Gasteiger partial charge in [-0.2, -0.15) is 0 Å². The van der Waals surface area contributed by atoms with Crippen LogP contribution in [-0.2, 0) is 4.74 Å². The summed E-state index contributed by atoms with van der Waals surface area (Å²) in [5, 5.41) is 15.1. The molecule has 0 saturated carbocycles. The van der Waals surface area contributed by atoms with E-state index >= 15 is 0 Å². The van der Waals surface area contributed by atoms with Gasteiger partial charge in [-0.15, -0.1) is 0 Å². The number of nitrogens with one attached hydrogen (secondary N) is 1. The quantitative estimate of drug-likeness (QED) is 0.341. The number of piperidine rings is 1. The fourth-order valence-corrected chi connectivity index (χ4v) is 2.56. The van der Waals surface area contributed by atoms with Gasteiger partial charge in [-0.05, 0) is 57.9 Å². The second kappa shape index (κ2) is 7.42. The molecule has 2 rings (SSSR count). The SMILES string of the molecule is CC(C)(C)OC(=O)N1CCC(Nc2ccc(C(N)=NO)cc2)CC1. The summed E-state index contributed by atoms with van der Waals surface area (Å²) in [7, 11) is 0. The van der Waals surface area contributed by atoms with Crippen LogP contribution in [0.25, 0.3) is 0 Å². The Bertz CT molecular complexity index is 585. The molecule has 1 aliphatic heterocycles. The standard InChI is InChI=1S/C17H26N4O3/c1-17(2,3)24-16(22)21-10-8-14(9-11-21)19-13-6-4-12(5-7-13)15(18)20-23/h4-7,14,19,23H,8-11H2,1-3H3,(H2,18,20). The van der Waals surface area contributed by atoms with Gasteiger partial charge in [0, 0.05) is 30.4 Å². The lowest BCUT2D eigenvalue weighted by Crippen LogP contribution is -2.44. The fourth-order valence-electron chi connectivity index (χ4n) is 2.56. The van der Waals surface area contributed by atoms with E-state index in [1.807, 2.05) is 32.9 Å². The minimum atomic E-state index is -0.465. The van der Waals surface area contributed by atoms with Gasteiger partial charge in [0.05, 0.1) is 0 Å². The van der Waals surface area contributed by atoms with Gasteiger partial charge in [0.2, 0.25) is 0 Å². The molecule has 1 aromatic carbocycles. The zero-order valence-electron chi connectivity index (χ0n) is 14.5. The van der Waals surface area contributed by atoms with Gasteiger partial charge in [0.15, 0.2) is 5.84 Å². The number of amides is 1. The Balaban J connectivity index is 1.84. The van der Waals surface area contributed by atoms with Crippen molar-refractivity contribution in [3.8, 4) is 0 Å². The fraction of sp³-hybridized carbons (Fsp3) is 0.529. The molecule has 7 nitrogen and oxygen atoms in total. The molecular formula is C17H26N4O3. The average molecular weight is 334 g/mol. The first kappa shape index (κ1) is 17.9. The zero-order chi connectivity index (χ0) is 17.7. The number of anilines is 1. The average Bonchev–Trinajstić information content (AvgIpc) is 2.54. The maximum Gasteiger partial charge on any atom is 0.410 e. The van der Waals surface area contributed by atoms with Gasteiger partial charge in [0.1, 0.15) is 5.60 Å². The molecule has 1 heterocycles. The summed E-state index contributed by atoms with van der Waals surface area (Å²) in [6, 6.07) is 7.69. The van der Waals surface area contributed by atoms with E-state index in [9.17, 15) is 4.79 Å². The van der Waals surface area contributed by atoms with Crippen molar-refractivity contribution in [2.45, 2.75) is 45.3 Å². The van der Waals surface area contributed by atoms with Crippen LogP contribution in [0.15, 0.2) is 29.4 Å². The number of nitrogens with zero attached hydrogens (tertiary/aromatic N) is 2. The lowest BCUT2D eigenvalue weighted by atomic mass is 10.0. The van der Waals surface area contributed by atoms with Crippen molar-refractivity contribution in [2.24, 2.45) is 10.9 Å². The molecule has 7 heteroatoms. The highest BCUT2D eigenvalue weighted by Gasteiger charge is 2.26. The van der Waals surface area contributed by atoms with E-state index in [4.69, 9.17) is 15.7 Å². The summed E-state index contributed by atoms with van der Waals surface area (Å²) in [4.78, 5) is 13.8. The van der Waals surface area contributed by atoms with Crippen molar-refractivity contribution in [3.05, 3.63) is 29.8 Å². The van der Waals surface area contributed by atoms with Crippen LogP contribution >= 0.6 is 0 Å². The normalized spacial score (nSPS) is 16.8. The van der Waals surface area contributed by atoms with E-state index in [2.05, 4.69) is 10.5 Å². The summed E-state index contributed by atoms with van der Waals surface area (Å²) in [6.07, 6.45) is 1.48. The number of hydrogen-bond donors (Lipinski definition) is 3. The van der Waals surface area contributed by atoms with Crippen LogP contribution < -0.4 is 11.1 Å². The lowest BCUT2D eigenvalue weighted by molar-refractivity contribution is 0.0210. The Morgan fingerprint density at radius 3 is 2.38 bits per heavy atom. The van der Waals surface area contributed by atoms with Crippen LogP contribution in [0.2, 0.25) is 0 Å². The van der Waals surface area contributed by atoms with E-state index in [-0.39, 0.29) is 11.9 Å². The molecule has 0 spiro atoms. The number of rotatable bonds is 3. The molecule has 1 aliphatic rings. The molecule has 0 unspecified atom stereocenters. The summed E-state index contributed by atoms with van der Waals surface area (Å²) in [6.45, 7) is 6.97. The van der Waals surface area contributed by atoms with Crippen LogP contribution in [-0.4, -0.2) is 46.8 Å². The number of amidine groups is 1. The zero-order valence-corrected chi connectivity index (χ0v) is 14.5. The van der Waals surface area contributed by atoms with Gasteiger partial charge >= 0.3 is 6.09 Å². The van der Waals surface area contributed by atoms with Crippen molar-refractivity contribution in [1.29, 1.82) is 0 Å². The molecule has 1 saturated heterocycles. The van der Waals surface area contributed by atoms with E-state index < -0.39 is 5.60 Å². The Morgan fingerprint density at radius 1 is 1.29 bits per heavy atom. The molecular weight excluding hydrogens is 308 g/mol. The molecule has 1 aromatic rings. The Labute approximate surface area is 142 Å². The van der Waals surface area contributed by atoms with Gasteiger partial charge in [0.25, 0.3) is 0 Å². The summed E-state index contributed by atoms with van der Waals surface area (Å²) >= 11 is 0. The minimum absolute atomic E-state index is 0.0900. The van der Waals surface area contributed by atoms with E-state index in [0.29, 0.717) is 24.7 Å². The van der Waals surface area contributed by atoms with Crippen LogP contribution in [0.4, 0.5) is 10.5 Å². The van der Waals surface area contributed by atoms with E-state index in [1.54, 1.807) is 17.0 Å². The molecule has 0 aromatic heterocycles. The van der Waals surface area contributed by atoms with E-state index in [1.165, 1.54) is 0 Å². The van der Waals surface area contributed by atoms with Crippen molar-refractivity contribution in [1.82, 2.24) is 4.90 Å². The summed E-state index contributed by atoms with van der Waals surface area (Å²) in [5.41, 5.74) is 6.72. The summed E-state index contributed by atoms with van der Waals surface area (Å²) < 4.78 is 5.40. The first-order chi connectivity index (χ1) is 11.3. The number of carbonyl (C=O) groups excluding carboxylic acids is 1. The predicted octanol–water partition coefficient (Wildman–Crippen LogP) is 2.59. The largest absolute Gasteiger partial charge is 0.444 e. The maximum absolute atomic E-state index is 12.0. The predicted molar refractivity (Wildman–Crippen MR) is 93.4 cm³/mol. The number of oxime groups is 1. The van der Waals surface area contributed by atoms with Gasteiger partial charge in [-0.25, -0.2) is 4.79 Å². The van der Waals surface area contributed by atoms with Crippen molar-refractivity contribution in [2.75, 3.05) is 18.4 Å². The smallest absolute Gasteiger partial charge is 0.410 e. The third-order valence-corrected chi connectivity index (χ3v) is 3.81. The highest BCUT2D eigenvalue weighted by Crippen LogP contribution is 2.19. The Morgan fingerprint density at radius 2 is 1.88 bits per heavy atom. The number of carbonyl (C=O) groups is 1. The third kappa shape index (κ3) is 5.04. The molecule has 1 fully saturated rings. The van der Waals surface area contributed by atoms with Crippen LogP contribution in [0, 0.1) is 0 Å². The number of benzene rings is 1. The van der Waals surface area contributed by atoms with Crippen LogP contribution in [0.5, 0.6) is 0 Å². The third-order valence-electron chi connectivity index (χ3n) is 3.81. The molecule has 0 atom stereocenters. The number of likely N-dealkylation sites (tertiary alicyclic amines) is 1. The van der Waals surface area contributed by atoms with Crippen molar-refractivity contribution < 1.29 is 14.7 Å². The Kier molecular flexibility index (Phi) is 5.54. The molecule has 0 aliphatic carbocycles. The highest BCUT2D eigenvalue weighted by molar-refractivity contribution is 5.97. The lowest BCUT2D eigenvalue weighted by Gasteiger charge is -2.34. The molecule has 0 bridgehead atoms. The highest BCUT2D eigenvalue weighted by atomic mass is 16.6. The second-order valence-electron chi connectivity index (χ2n) is 6.95. The molecule has 4 N–H and O–H groups in total. The summed E-state index contributed by atoms with van der Waals surface area (Å²) in [5.74, 6) is 0.0900. The van der Waals surface area contributed by atoms with Crippen LogP contribution in [0.1, 0.15) is 39.2 Å². The monoisotopic (exact) mass is 334 g/mol.